The maximum Gasteiger partial charge on any atom is 0.00793 e. The highest BCUT2D eigenvalue weighted by atomic mass is 15.0. The van der Waals surface area contributed by atoms with E-state index in [0.29, 0.717) is 6.04 Å². The Bertz CT molecular complexity index is 128. The van der Waals surface area contributed by atoms with Gasteiger partial charge in [0.05, 0.1) is 0 Å². The van der Waals surface area contributed by atoms with Gasteiger partial charge in [-0.05, 0) is 45.8 Å². The van der Waals surface area contributed by atoms with Crippen LogP contribution in [0.4, 0.5) is 0 Å². The molecule has 1 rings (SSSR count). The van der Waals surface area contributed by atoms with Crippen molar-refractivity contribution in [3.05, 3.63) is 0 Å². The molecular formula is C11H24N2. The summed E-state index contributed by atoms with van der Waals surface area (Å²) in [6, 6.07) is 0.447. The highest BCUT2D eigenvalue weighted by Gasteiger charge is 2.19. The molecule has 1 saturated carbocycles. The zero-order valence-electron chi connectivity index (χ0n) is 9.13. The first-order chi connectivity index (χ1) is 6.20. The molecule has 1 fully saturated rings. The summed E-state index contributed by atoms with van der Waals surface area (Å²) in [4.78, 5) is 2.22. The highest BCUT2D eigenvalue weighted by Crippen LogP contribution is 2.26. The minimum Gasteiger partial charge on any atom is -0.327 e. The predicted octanol–water partition coefficient (Wildman–Crippen LogP) is 1.85. The summed E-state index contributed by atoms with van der Waals surface area (Å²) in [5, 5.41) is 0. The van der Waals surface area contributed by atoms with E-state index in [1.54, 1.807) is 0 Å². The van der Waals surface area contributed by atoms with Gasteiger partial charge in [-0.15, -0.1) is 0 Å². The lowest BCUT2D eigenvalue weighted by atomic mass is 9.83. The van der Waals surface area contributed by atoms with Gasteiger partial charge in [0.15, 0.2) is 0 Å². The number of hydrogen-bond acceptors (Lipinski definition) is 2. The van der Waals surface area contributed by atoms with E-state index in [9.17, 15) is 0 Å². The molecule has 0 spiro atoms. The lowest BCUT2D eigenvalue weighted by Crippen LogP contribution is -2.34. The molecular weight excluding hydrogens is 160 g/mol. The maximum atomic E-state index is 6.17. The summed E-state index contributed by atoms with van der Waals surface area (Å²) in [7, 11) is 4.24. The molecule has 2 N–H and O–H groups in total. The van der Waals surface area contributed by atoms with Gasteiger partial charge in [-0.2, -0.15) is 0 Å². The van der Waals surface area contributed by atoms with Crippen molar-refractivity contribution in [2.24, 2.45) is 11.7 Å². The van der Waals surface area contributed by atoms with E-state index in [4.69, 9.17) is 5.73 Å². The molecule has 1 unspecified atom stereocenters. The van der Waals surface area contributed by atoms with Crippen LogP contribution in [0.15, 0.2) is 0 Å². The third-order valence-corrected chi connectivity index (χ3v) is 3.16. The van der Waals surface area contributed by atoms with Crippen LogP contribution >= 0.6 is 0 Å². The Morgan fingerprint density at radius 1 is 1.23 bits per heavy atom. The molecule has 1 atom stereocenters. The molecule has 0 radical (unpaired) electrons. The van der Waals surface area contributed by atoms with Crippen LogP contribution in [0.5, 0.6) is 0 Å². The third kappa shape index (κ3) is 4.10. The first-order valence-electron chi connectivity index (χ1n) is 5.60. The van der Waals surface area contributed by atoms with Gasteiger partial charge in [-0.25, -0.2) is 0 Å². The van der Waals surface area contributed by atoms with E-state index in [0.717, 1.165) is 18.9 Å². The fourth-order valence-corrected chi connectivity index (χ4v) is 2.21. The van der Waals surface area contributed by atoms with Gasteiger partial charge < -0.3 is 10.6 Å². The zero-order chi connectivity index (χ0) is 9.68. The Morgan fingerprint density at radius 2 is 1.85 bits per heavy atom. The molecule has 78 valence electrons. The Hall–Kier alpha value is -0.0800. The molecule has 0 aromatic carbocycles. The van der Waals surface area contributed by atoms with Crippen molar-refractivity contribution in [1.29, 1.82) is 0 Å². The molecule has 0 aromatic heterocycles. The van der Waals surface area contributed by atoms with Crippen LogP contribution in [0, 0.1) is 5.92 Å². The van der Waals surface area contributed by atoms with Crippen molar-refractivity contribution in [3.8, 4) is 0 Å². The van der Waals surface area contributed by atoms with Gasteiger partial charge in [-0.1, -0.05) is 19.3 Å². The molecule has 13 heavy (non-hydrogen) atoms. The third-order valence-electron chi connectivity index (χ3n) is 3.16. The number of hydrogen-bond donors (Lipinski definition) is 1. The predicted molar refractivity (Wildman–Crippen MR) is 57.7 cm³/mol. The van der Waals surface area contributed by atoms with Crippen molar-refractivity contribution in [3.63, 3.8) is 0 Å². The fraction of sp³-hybridized carbons (Fsp3) is 1.00. The van der Waals surface area contributed by atoms with Gasteiger partial charge in [0, 0.05) is 6.04 Å². The first-order valence-corrected chi connectivity index (χ1v) is 5.60. The quantitative estimate of drug-likeness (QED) is 0.722. The molecule has 1 aliphatic carbocycles. The molecule has 0 saturated heterocycles. The Morgan fingerprint density at radius 3 is 2.38 bits per heavy atom. The summed E-state index contributed by atoms with van der Waals surface area (Å²) in [6.45, 7) is 1.14. The average molecular weight is 184 g/mol. The Kier molecular flexibility index (Phi) is 4.74. The molecule has 0 bridgehead atoms. The fourth-order valence-electron chi connectivity index (χ4n) is 2.21. The van der Waals surface area contributed by atoms with Gasteiger partial charge in [-0.3, -0.25) is 0 Å². The van der Waals surface area contributed by atoms with Crippen LogP contribution in [-0.2, 0) is 0 Å². The first kappa shape index (κ1) is 11.0. The minimum atomic E-state index is 0.447. The largest absolute Gasteiger partial charge is 0.327 e. The van der Waals surface area contributed by atoms with E-state index in [1.165, 1.54) is 32.1 Å². The zero-order valence-corrected chi connectivity index (χ0v) is 9.13. The van der Waals surface area contributed by atoms with Crippen LogP contribution in [0.25, 0.3) is 0 Å². The molecule has 0 heterocycles. The van der Waals surface area contributed by atoms with E-state index >= 15 is 0 Å². The van der Waals surface area contributed by atoms with Gasteiger partial charge in [0.25, 0.3) is 0 Å². The van der Waals surface area contributed by atoms with Crippen LogP contribution < -0.4 is 5.73 Å². The smallest absolute Gasteiger partial charge is 0.00793 e. The second-order valence-electron chi connectivity index (χ2n) is 4.65. The van der Waals surface area contributed by atoms with Crippen molar-refractivity contribution in [2.75, 3.05) is 20.6 Å². The van der Waals surface area contributed by atoms with Crippen molar-refractivity contribution in [2.45, 2.75) is 44.6 Å². The van der Waals surface area contributed by atoms with Crippen LogP contribution in [0.3, 0.4) is 0 Å². The summed E-state index contributed by atoms with van der Waals surface area (Å²) in [6.07, 6.45) is 8.14. The highest BCUT2D eigenvalue weighted by molar-refractivity contribution is 4.76. The van der Waals surface area contributed by atoms with E-state index < -0.39 is 0 Å². The molecule has 2 nitrogen and oxygen atoms in total. The summed E-state index contributed by atoms with van der Waals surface area (Å²) in [5.74, 6) is 0.814. The SMILES string of the molecule is CN(C)CCC(N)C1CCCCC1. The van der Waals surface area contributed by atoms with Gasteiger partial charge >= 0.3 is 0 Å². The minimum absolute atomic E-state index is 0.447. The topological polar surface area (TPSA) is 29.3 Å². The standard InChI is InChI=1S/C11H24N2/c1-13(2)9-8-11(12)10-6-4-3-5-7-10/h10-11H,3-9,12H2,1-2H3. The summed E-state index contributed by atoms with van der Waals surface area (Å²) >= 11 is 0. The second kappa shape index (κ2) is 5.61. The molecule has 2 heteroatoms. The van der Waals surface area contributed by atoms with Gasteiger partial charge in [0.1, 0.15) is 0 Å². The lowest BCUT2D eigenvalue weighted by Gasteiger charge is -2.28. The number of nitrogens with two attached hydrogens (primary N) is 1. The van der Waals surface area contributed by atoms with Gasteiger partial charge in [0.2, 0.25) is 0 Å². The molecule has 0 aliphatic heterocycles. The monoisotopic (exact) mass is 184 g/mol. The molecule has 1 aliphatic rings. The average Bonchev–Trinajstić information content (AvgIpc) is 2.15. The van der Waals surface area contributed by atoms with Crippen LogP contribution in [-0.4, -0.2) is 31.6 Å². The van der Waals surface area contributed by atoms with E-state index in [2.05, 4.69) is 19.0 Å². The van der Waals surface area contributed by atoms with Crippen molar-refractivity contribution in [1.82, 2.24) is 4.90 Å². The normalized spacial score (nSPS) is 22.2. The van der Waals surface area contributed by atoms with E-state index in [-0.39, 0.29) is 0 Å². The number of rotatable bonds is 4. The molecule has 0 aromatic rings. The van der Waals surface area contributed by atoms with Crippen molar-refractivity contribution >= 4 is 0 Å². The van der Waals surface area contributed by atoms with Crippen LogP contribution in [0.1, 0.15) is 38.5 Å². The summed E-state index contributed by atoms with van der Waals surface area (Å²) in [5.41, 5.74) is 6.17. The van der Waals surface area contributed by atoms with Crippen LogP contribution in [0.2, 0.25) is 0 Å². The Balaban J connectivity index is 2.17. The second-order valence-corrected chi connectivity index (χ2v) is 4.65. The maximum absolute atomic E-state index is 6.17. The lowest BCUT2D eigenvalue weighted by molar-refractivity contribution is 0.273. The van der Waals surface area contributed by atoms with Crippen molar-refractivity contribution < 1.29 is 0 Å². The summed E-state index contributed by atoms with van der Waals surface area (Å²) < 4.78 is 0. The number of nitrogens with zero attached hydrogens (tertiary/aromatic N) is 1. The molecule has 0 amide bonds. The Labute approximate surface area is 82.5 Å². The van der Waals surface area contributed by atoms with E-state index in [1.807, 2.05) is 0 Å².